The van der Waals surface area contributed by atoms with Crippen LogP contribution in [0.4, 0.5) is 0 Å². The molecule has 0 aliphatic rings. The van der Waals surface area contributed by atoms with Crippen LogP contribution in [-0.4, -0.2) is 24.1 Å². The molecule has 2 N–H and O–H groups in total. The maximum Gasteiger partial charge on any atom is 0.331 e. The lowest BCUT2D eigenvalue weighted by molar-refractivity contribution is -0.133. The third kappa shape index (κ3) is 3.85. The van der Waals surface area contributed by atoms with Crippen molar-refractivity contribution < 1.29 is 19.4 Å². The normalized spacial score (nSPS) is 13.2. The van der Waals surface area contributed by atoms with E-state index in [1.165, 1.54) is 13.8 Å². The number of carboxylic acid groups (broad SMARTS) is 1. The molecule has 1 aromatic carbocycles. The number of hydrogen-bond donors (Lipinski definition) is 2. The quantitative estimate of drug-likeness (QED) is 0.810. The van der Waals surface area contributed by atoms with Crippen molar-refractivity contribution in [2.24, 2.45) is 0 Å². The summed E-state index contributed by atoms with van der Waals surface area (Å²) >= 11 is 0. The summed E-state index contributed by atoms with van der Waals surface area (Å²) in [4.78, 5) is 22.8. The van der Waals surface area contributed by atoms with E-state index in [1.54, 1.807) is 7.11 Å². The lowest BCUT2D eigenvalue weighted by Gasteiger charge is -2.16. The zero-order valence-corrected chi connectivity index (χ0v) is 12.1. The number of methoxy groups -OCH3 is 1. The Hall–Kier alpha value is -2.30. The predicted molar refractivity (Wildman–Crippen MR) is 75.6 cm³/mol. The summed E-state index contributed by atoms with van der Waals surface area (Å²) < 4.78 is 5.13. The van der Waals surface area contributed by atoms with E-state index >= 15 is 0 Å². The minimum absolute atomic E-state index is 0.0420. The van der Waals surface area contributed by atoms with Crippen molar-refractivity contribution in [3.8, 4) is 5.75 Å². The zero-order valence-electron chi connectivity index (χ0n) is 12.1. The lowest BCUT2D eigenvalue weighted by atomic mass is 10.1. The summed E-state index contributed by atoms with van der Waals surface area (Å²) in [5, 5.41) is 11.6. The first-order valence-electron chi connectivity index (χ1n) is 6.22. The van der Waals surface area contributed by atoms with Gasteiger partial charge in [-0.1, -0.05) is 12.1 Å². The van der Waals surface area contributed by atoms with Crippen molar-refractivity contribution in [2.75, 3.05) is 7.11 Å². The molecule has 0 radical (unpaired) electrons. The highest BCUT2D eigenvalue weighted by atomic mass is 16.5. The second kappa shape index (κ2) is 6.75. The van der Waals surface area contributed by atoms with E-state index in [0.29, 0.717) is 5.75 Å². The number of nitrogens with one attached hydrogen (secondary N) is 1. The molecule has 1 amide bonds. The van der Waals surface area contributed by atoms with Crippen LogP contribution in [-0.2, 0) is 9.59 Å². The Morgan fingerprint density at radius 2 is 1.90 bits per heavy atom. The van der Waals surface area contributed by atoms with Crippen LogP contribution in [0, 0.1) is 0 Å². The van der Waals surface area contributed by atoms with Gasteiger partial charge in [0.25, 0.3) is 0 Å². The van der Waals surface area contributed by atoms with Crippen LogP contribution < -0.4 is 10.1 Å². The number of rotatable bonds is 5. The van der Waals surface area contributed by atoms with Crippen LogP contribution >= 0.6 is 0 Å². The molecule has 0 aliphatic heterocycles. The first-order valence-corrected chi connectivity index (χ1v) is 6.22. The summed E-state index contributed by atoms with van der Waals surface area (Å²) in [7, 11) is 1.57. The summed E-state index contributed by atoms with van der Waals surface area (Å²) in [6.45, 7) is 4.74. The fourth-order valence-electron chi connectivity index (χ4n) is 1.63. The lowest BCUT2D eigenvalue weighted by Crippen LogP contribution is -2.28. The monoisotopic (exact) mass is 277 g/mol. The first kappa shape index (κ1) is 15.8. The van der Waals surface area contributed by atoms with Crippen molar-refractivity contribution in [2.45, 2.75) is 26.8 Å². The van der Waals surface area contributed by atoms with Gasteiger partial charge in [0.1, 0.15) is 5.75 Å². The highest BCUT2D eigenvalue weighted by Crippen LogP contribution is 2.19. The van der Waals surface area contributed by atoms with Gasteiger partial charge in [0.15, 0.2) is 0 Å². The third-order valence-corrected chi connectivity index (χ3v) is 3.17. The molecule has 0 aromatic heterocycles. The largest absolute Gasteiger partial charge is 0.497 e. The highest BCUT2D eigenvalue weighted by molar-refractivity contribution is 6.01. The number of hydrogen-bond acceptors (Lipinski definition) is 3. The summed E-state index contributed by atoms with van der Waals surface area (Å²) in [6, 6.07) is 7.11. The molecule has 5 nitrogen and oxygen atoms in total. The maximum absolute atomic E-state index is 12.0. The van der Waals surface area contributed by atoms with Crippen LogP contribution in [0.5, 0.6) is 5.75 Å². The van der Waals surface area contributed by atoms with E-state index in [4.69, 9.17) is 9.84 Å². The van der Waals surface area contributed by atoms with Crippen molar-refractivity contribution in [1.29, 1.82) is 0 Å². The fourth-order valence-corrected chi connectivity index (χ4v) is 1.63. The van der Waals surface area contributed by atoms with E-state index in [1.807, 2.05) is 31.2 Å². The number of aliphatic carboxylic acids is 1. The number of amides is 1. The molecule has 0 bridgehead atoms. The molecule has 0 heterocycles. The molecule has 1 rings (SSSR count). The molecule has 0 saturated heterocycles. The molecule has 0 fully saturated rings. The Balaban J connectivity index is 2.85. The molecular formula is C15H19NO4. The number of carbonyl (C=O) groups excluding carboxylic acids is 1. The Morgan fingerprint density at radius 3 is 2.45 bits per heavy atom. The van der Waals surface area contributed by atoms with Gasteiger partial charge in [0.2, 0.25) is 5.91 Å². The minimum Gasteiger partial charge on any atom is -0.497 e. The van der Waals surface area contributed by atoms with Crippen LogP contribution in [0.1, 0.15) is 32.4 Å². The SMILES string of the molecule is COc1cccc(C(C)NC(=O)C(C)=C(C)C(=O)O)c1. The van der Waals surface area contributed by atoms with Crippen molar-refractivity contribution in [3.63, 3.8) is 0 Å². The van der Waals surface area contributed by atoms with E-state index in [0.717, 1.165) is 5.56 Å². The molecule has 0 spiro atoms. The van der Waals surface area contributed by atoms with E-state index < -0.39 is 5.97 Å². The standard InChI is InChI=1S/C15H19NO4/c1-9(10(2)15(18)19)14(17)16-11(3)12-6-5-7-13(8-12)20-4/h5-8,11H,1-4H3,(H,16,17)(H,18,19). The van der Waals surface area contributed by atoms with Crippen molar-refractivity contribution in [3.05, 3.63) is 41.0 Å². The Morgan fingerprint density at radius 1 is 1.25 bits per heavy atom. The van der Waals surface area contributed by atoms with E-state index in [2.05, 4.69) is 5.32 Å². The van der Waals surface area contributed by atoms with Gasteiger partial charge in [-0.15, -0.1) is 0 Å². The van der Waals surface area contributed by atoms with Gasteiger partial charge < -0.3 is 15.2 Å². The Kier molecular flexibility index (Phi) is 5.32. The van der Waals surface area contributed by atoms with E-state index in [9.17, 15) is 9.59 Å². The highest BCUT2D eigenvalue weighted by Gasteiger charge is 2.15. The molecule has 5 heteroatoms. The number of carboxylic acids is 1. The molecular weight excluding hydrogens is 258 g/mol. The van der Waals surface area contributed by atoms with Gasteiger partial charge in [0, 0.05) is 11.1 Å². The fraction of sp³-hybridized carbons (Fsp3) is 0.333. The van der Waals surface area contributed by atoms with Crippen LogP contribution in [0.25, 0.3) is 0 Å². The van der Waals surface area contributed by atoms with Gasteiger partial charge in [-0.05, 0) is 38.5 Å². The smallest absolute Gasteiger partial charge is 0.331 e. The van der Waals surface area contributed by atoms with Crippen molar-refractivity contribution in [1.82, 2.24) is 5.32 Å². The van der Waals surface area contributed by atoms with Gasteiger partial charge in [-0.2, -0.15) is 0 Å². The third-order valence-electron chi connectivity index (χ3n) is 3.17. The molecule has 1 unspecified atom stereocenters. The molecule has 1 atom stereocenters. The molecule has 0 saturated carbocycles. The topological polar surface area (TPSA) is 75.6 Å². The predicted octanol–water partition coefficient (Wildman–Crippen LogP) is 2.29. The molecule has 1 aromatic rings. The van der Waals surface area contributed by atoms with Gasteiger partial charge in [-0.25, -0.2) is 4.79 Å². The van der Waals surface area contributed by atoms with Gasteiger partial charge in [0.05, 0.1) is 13.2 Å². The van der Waals surface area contributed by atoms with Gasteiger partial charge >= 0.3 is 5.97 Å². The average molecular weight is 277 g/mol. The number of benzene rings is 1. The second-order valence-electron chi connectivity index (χ2n) is 4.53. The van der Waals surface area contributed by atoms with Crippen LogP contribution in [0.15, 0.2) is 35.4 Å². The summed E-state index contributed by atoms with van der Waals surface area (Å²) in [5.74, 6) is -0.774. The van der Waals surface area contributed by atoms with Gasteiger partial charge in [-0.3, -0.25) is 4.79 Å². The second-order valence-corrected chi connectivity index (χ2v) is 4.53. The molecule has 0 aliphatic carbocycles. The van der Waals surface area contributed by atoms with Crippen molar-refractivity contribution >= 4 is 11.9 Å². The number of carbonyl (C=O) groups is 2. The van der Waals surface area contributed by atoms with Crippen LogP contribution in [0.3, 0.4) is 0 Å². The summed E-state index contributed by atoms with van der Waals surface area (Å²) in [5.41, 5.74) is 1.13. The van der Waals surface area contributed by atoms with E-state index in [-0.39, 0.29) is 23.1 Å². The Bertz CT molecular complexity index is 549. The summed E-state index contributed by atoms with van der Waals surface area (Å²) in [6.07, 6.45) is 0. The number of ether oxygens (including phenoxy) is 1. The first-order chi connectivity index (χ1) is 9.36. The molecule has 108 valence electrons. The maximum atomic E-state index is 12.0. The molecule has 20 heavy (non-hydrogen) atoms. The average Bonchev–Trinajstić information content (AvgIpc) is 2.45. The zero-order chi connectivity index (χ0) is 15.3. The van der Waals surface area contributed by atoms with Crippen LogP contribution in [0.2, 0.25) is 0 Å². The minimum atomic E-state index is -1.09. The Labute approximate surface area is 118 Å².